The van der Waals surface area contributed by atoms with Gasteiger partial charge in [0.25, 0.3) is 0 Å². The molecule has 0 fully saturated rings. The lowest BCUT2D eigenvalue weighted by Crippen LogP contribution is -2.48. The first-order valence-electron chi connectivity index (χ1n) is 9.15. The maximum atomic E-state index is 12.9. The lowest BCUT2D eigenvalue weighted by molar-refractivity contribution is -0.138. The summed E-state index contributed by atoms with van der Waals surface area (Å²) in [5, 5.41) is 4.36. The van der Waals surface area contributed by atoms with E-state index in [1.54, 1.807) is 36.1 Å². The Hall–Kier alpha value is -1.40. The summed E-state index contributed by atoms with van der Waals surface area (Å²) in [5.74, 6) is 0.555. The van der Waals surface area contributed by atoms with E-state index in [-0.39, 0.29) is 17.6 Å². The largest absolute Gasteiger partial charge is 0.355 e. The van der Waals surface area contributed by atoms with Gasteiger partial charge in [0.15, 0.2) is 0 Å². The van der Waals surface area contributed by atoms with Crippen molar-refractivity contribution in [3.05, 3.63) is 68.7 Å². The molecule has 2 amide bonds. The van der Waals surface area contributed by atoms with Gasteiger partial charge in [-0.2, -0.15) is 0 Å². The molecule has 2 aromatic carbocycles. The topological polar surface area (TPSA) is 49.4 Å². The fourth-order valence-corrected chi connectivity index (χ4v) is 4.10. The van der Waals surface area contributed by atoms with Gasteiger partial charge in [0, 0.05) is 23.9 Å². The average Bonchev–Trinajstić information content (AvgIpc) is 2.68. The molecule has 156 valence electrons. The molecule has 1 atom stereocenters. The third-order valence-electron chi connectivity index (χ3n) is 4.24. The summed E-state index contributed by atoms with van der Waals surface area (Å²) in [4.78, 5) is 26.9. The van der Waals surface area contributed by atoms with E-state index in [1.807, 2.05) is 25.1 Å². The quantitative estimate of drug-likeness (QED) is 0.528. The fraction of sp³-hybridized carbons (Fsp3) is 0.333. The van der Waals surface area contributed by atoms with E-state index < -0.39 is 6.04 Å². The van der Waals surface area contributed by atoms with Crippen molar-refractivity contribution in [1.82, 2.24) is 10.2 Å². The van der Waals surface area contributed by atoms with Crippen LogP contribution < -0.4 is 5.32 Å². The van der Waals surface area contributed by atoms with Crippen molar-refractivity contribution in [3.63, 3.8) is 0 Å². The Bertz CT molecular complexity index is 864. The lowest BCUT2D eigenvalue weighted by Gasteiger charge is -2.28. The Morgan fingerprint density at radius 3 is 2.48 bits per heavy atom. The summed E-state index contributed by atoms with van der Waals surface area (Å²) < 4.78 is 0. The first kappa shape index (κ1) is 23.9. The normalized spacial score (nSPS) is 11.8. The summed E-state index contributed by atoms with van der Waals surface area (Å²) >= 11 is 19.5. The zero-order valence-corrected chi connectivity index (χ0v) is 19.3. The molecule has 1 unspecified atom stereocenters. The third-order valence-corrected chi connectivity index (χ3v) is 6.20. The van der Waals surface area contributed by atoms with E-state index in [0.717, 1.165) is 11.1 Å². The molecule has 0 spiro atoms. The highest BCUT2D eigenvalue weighted by molar-refractivity contribution is 7.99. The molecule has 2 rings (SSSR count). The van der Waals surface area contributed by atoms with Crippen LogP contribution in [0.5, 0.6) is 0 Å². The minimum Gasteiger partial charge on any atom is -0.355 e. The molecule has 8 heteroatoms. The Kier molecular flexibility index (Phi) is 9.63. The average molecular weight is 474 g/mol. The number of thioether (sulfide) groups is 1. The number of benzene rings is 2. The van der Waals surface area contributed by atoms with Crippen molar-refractivity contribution in [1.29, 1.82) is 0 Å². The van der Waals surface area contributed by atoms with Crippen molar-refractivity contribution >= 4 is 58.4 Å². The maximum Gasteiger partial charge on any atom is 0.242 e. The molecule has 0 aliphatic rings. The van der Waals surface area contributed by atoms with E-state index >= 15 is 0 Å². The predicted molar refractivity (Wildman–Crippen MR) is 123 cm³/mol. The van der Waals surface area contributed by atoms with Crippen LogP contribution in [0.15, 0.2) is 42.5 Å². The third kappa shape index (κ3) is 7.41. The standard InChI is InChI=1S/C21H23Cl3N2O2S/c1-3-25-21(28)14(2)26(11-15-5-4-6-17(22)9-15)20(27)13-29-12-16-7-8-18(23)19(24)10-16/h4-10,14H,3,11-13H2,1-2H3,(H,25,28). The Balaban J connectivity index is 2.06. The summed E-state index contributed by atoms with van der Waals surface area (Å²) in [7, 11) is 0. The summed E-state index contributed by atoms with van der Waals surface area (Å²) in [6.45, 7) is 4.40. The minimum absolute atomic E-state index is 0.117. The number of nitrogens with one attached hydrogen (secondary N) is 1. The van der Waals surface area contributed by atoms with E-state index in [9.17, 15) is 9.59 Å². The maximum absolute atomic E-state index is 12.9. The van der Waals surface area contributed by atoms with E-state index in [0.29, 0.717) is 33.9 Å². The molecule has 29 heavy (non-hydrogen) atoms. The van der Waals surface area contributed by atoms with Crippen LogP contribution in [0.25, 0.3) is 0 Å². The van der Waals surface area contributed by atoms with Crippen LogP contribution in [0.4, 0.5) is 0 Å². The van der Waals surface area contributed by atoms with Crippen molar-refractivity contribution in [2.45, 2.75) is 32.2 Å². The number of nitrogens with zero attached hydrogens (tertiary/aromatic N) is 1. The van der Waals surface area contributed by atoms with Gasteiger partial charge in [0.2, 0.25) is 11.8 Å². The number of amides is 2. The van der Waals surface area contributed by atoms with E-state index in [2.05, 4.69) is 5.32 Å². The van der Waals surface area contributed by atoms with Gasteiger partial charge in [-0.1, -0.05) is 53.0 Å². The SMILES string of the molecule is CCNC(=O)C(C)N(Cc1cccc(Cl)c1)C(=O)CSCc1ccc(Cl)c(Cl)c1. The molecular formula is C21H23Cl3N2O2S. The second-order valence-corrected chi connectivity index (χ2v) is 8.70. The molecule has 0 heterocycles. The Labute approximate surface area is 190 Å². The first-order valence-corrected chi connectivity index (χ1v) is 11.4. The van der Waals surface area contributed by atoms with Gasteiger partial charge >= 0.3 is 0 Å². The van der Waals surface area contributed by atoms with E-state index in [4.69, 9.17) is 34.8 Å². The molecule has 0 saturated carbocycles. The molecule has 0 aliphatic heterocycles. The highest BCUT2D eigenvalue weighted by Crippen LogP contribution is 2.25. The van der Waals surface area contributed by atoms with E-state index in [1.165, 1.54) is 11.8 Å². The van der Waals surface area contributed by atoms with Crippen molar-refractivity contribution in [2.24, 2.45) is 0 Å². The van der Waals surface area contributed by atoms with Crippen LogP contribution >= 0.6 is 46.6 Å². The molecule has 0 saturated heterocycles. The molecule has 4 nitrogen and oxygen atoms in total. The van der Waals surface area contributed by atoms with Crippen LogP contribution in [0, 0.1) is 0 Å². The number of hydrogen-bond acceptors (Lipinski definition) is 3. The zero-order chi connectivity index (χ0) is 21.4. The summed E-state index contributed by atoms with van der Waals surface area (Å²) in [6.07, 6.45) is 0. The van der Waals surface area contributed by atoms with Crippen LogP contribution in [-0.2, 0) is 21.9 Å². The second-order valence-electron chi connectivity index (χ2n) is 6.46. The molecule has 1 N–H and O–H groups in total. The number of rotatable bonds is 9. The van der Waals surface area contributed by atoms with Gasteiger partial charge in [-0.3, -0.25) is 9.59 Å². The van der Waals surface area contributed by atoms with Gasteiger partial charge in [-0.25, -0.2) is 0 Å². The molecule has 0 aliphatic carbocycles. The molecule has 0 radical (unpaired) electrons. The van der Waals surface area contributed by atoms with Gasteiger partial charge in [0.1, 0.15) is 6.04 Å². The van der Waals surface area contributed by atoms with Gasteiger partial charge in [-0.15, -0.1) is 11.8 Å². The Morgan fingerprint density at radius 1 is 1.07 bits per heavy atom. The fourth-order valence-electron chi connectivity index (χ4n) is 2.71. The zero-order valence-electron chi connectivity index (χ0n) is 16.3. The van der Waals surface area contributed by atoms with Crippen LogP contribution in [0.1, 0.15) is 25.0 Å². The van der Waals surface area contributed by atoms with Crippen molar-refractivity contribution in [3.8, 4) is 0 Å². The molecular weight excluding hydrogens is 451 g/mol. The van der Waals surface area contributed by atoms with Crippen LogP contribution in [-0.4, -0.2) is 35.1 Å². The van der Waals surface area contributed by atoms with Crippen LogP contribution in [0.2, 0.25) is 15.1 Å². The Morgan fingerprint density at radius 2 is 1.83 bits per heavy atom. The van der Waals surface area contributed by atoms with Crippen molar-refractivity contribution < 1.29 is 9.59 Å². The summed E-state index contributed by atoms with van der Waals surface area (Å²) in [5.41, 5.74) is 1.85. The monoisotopic (exact) mass is 472 g/mol. The van der Waals surface area contributed by atoms with Gasteiger partial charge < -0.3 is 10.2 Å². The number of carbonyl (C=O) groups excluding carboxylic acids is 2. The minimum atomic E-state index is -0.591. The number of carbonyl (C=O) groups is 2. The molecule has 2 aromatic rings. The highest BCUT2D eigenvalue weighted by atomic mass is 35.5. The number of likely N-dealkylation sites (N-methyl/N-ethyl adjacent to an activating group) is 1. The van der Waals surface area contributed by atoms with Gasteiger partial charge in [-0.05, 0) is 49.2 Å². The van der Waals surface area contributed by atoms with Gasteiger partial charge in [0.05, 0.1) is 15.8 Å². The highest BCUT2D eigenvalue weighted by Gasteiger charge is 2.25. The first-order chi connectivity index (χ1) is 13.8. The second kappa shape index (κ2) is 11.7. The smallest absolute Gasteiger partial charge is 0.242 e. The lowest BCUT2D eigenvalue weighted by atomic mass is 10.1. The number of halogens is 3. The predicted octanol–water partition coefficient (Wildman–Crippen LogP) is 5.43. The van der Waals surface area contributed by atoms with Crippen molar-refractivity contribution in [2.75, 3.05) is 12.3 Å². The molecule has 0 bridgehead atoms. The summed E-state index contributed by atoms with van der Waals surface area (Å²) in [6, 6.07) is 12.1. The van der Waals surface area contributed by atoms with Crippen LogP contribution in [0.3, 0.4) is 0 Å². The number of hydrogen-bond donors (Lipinski definition) is 1. The molecule has 0 aromatic heterocycles.